The van der Waals surface area contributed by atoms with Gasteiger partial charge in [-0.05, 0) is 26.1 Å². The fourth-order valence-corrected chi connectivity index (χ4v) is 2.66. The van der Waals surface area contributed by atoms with Crippen LogP contribution in [-0.4, -0.2) is 46.0 Å². The molecule has 7 heteroatoms. The molecule has 0 spiro atoms. The van der Waals surface area contributed by atoms with Crippen LogP contribution in [0.3, 0.4) is 0 Å². The molecule has 0 aliphatic heterocycles. The number of carbonyl (C=O) groups excluding carboxylic acids is 1. The van der Waals surface area contributed by atoms with Gasteiger partial charge in [0, 0.05) is 11.9 Å². The van der Waals surface area contributed by atoms with Crippen molar-refractivity contribution in [2.24, 2.45) is 0 Å². The number of likely N-dealkylation sites (N-methyl/N-ethyl adjacent to an activating group) is 1. The van der Waals surface area contributed by atoms with Crippen molar-refractivity contribution >= 4 is 23.4 Å². The summed E-state index contributed by atoms with van der Waals surface area (Å²) in [6.07, 6.45) is 1.90. The lowest BCUT2D eigenvalue weighted by molar-refractivity contribution is -0.146. The predicted molar refractivity (Wildman–Crippen MR) is 73.2 cm³/mol. The fourth-order valence-electron chi connectivity index (χ4n) is 1.59. The van der Waals surface area contributed by atoms with Crippen LogP contribution < -0.4 is 5.32 Å². The molecule has 0 radical (unpaired) electrons. The third-order valence-corrected chi connectivity index (χ3v) is 4.22. The number of fused-ring (bicyclic) bond motifs is 1. The molecule has 2 heterocycles. The highest BCUT2D eigenvalue weighted by Gasteiger charge is 2.33. The molecule has 19 heavy (non-hydrogen) atoms. The third kappa shape index (κ3) is 2.71. The summed E-state index contributed by atoms with van der Waals surface area (Å²) in [6, 6.07) is 5.71. The molecule has 0 aromatic carbocycles. The molecule has 2 rings (SSSR count). The number of hydrogen-bond donors (Lipinski definition) is 1. The maximum atomic E-state index is 11.7. The first-order valence-corrected chi connectivity index (χ1v) is 6.79. The molecule has 0 fully saturated rings. The number of thioether (sulfide) groups is 1. The maximum Gasteiger partial charge on any atom is 0.326 e. The standard InChI is InChI=1S/C12H16N4O2S/c1-12(13-2,10(17)18-3)8-19-11-15-14-9-6-4-5-7-16(9)11/h4-7,13H,8H2,1-3H3. The first-order chi connectivity index (χ1) is 9.10. The molecule has 0 aliphatic carbocycles. The van der Waals surface area contributed by atoms with Gasteiger partial charge in [-0.25, -0.2) is 0 Å². The second-order valence-corrected chi connectivity index (χ2v) is 5.22. The van der Waals surface area contributed by atoms with E-state index in [1.807, 2.05) is 28.8 Å². The van der Waals surface area contributed by atoms with Gasteiger partial charge in [-0.1, -0.05) is 17.8 Å². The first-order valence-electron chi connectivity index (χ1n) is 5.80. The Hall–Kier alpha value is -1.60. The lowest BCUT2D eigenvalue weighted by Gasteiger charge is -2.24. The van der Waals surface area contributed by atoms with E-state index in [9.17, 15) is 4.79 Å². The summed E-state index contributed by atoms with van der Waals surface area (Å²) in [5.41, 5.74) is 0.0364. The molecule has 0 amide bonds. The molecule has 2 aromatic heterocycles. The van der Waals surface area contributed by atoms with Gasteiger partial charge in [-0.15, -0.1) is 10.2 Å². The summed E-state index contributed by atoms with van der Waals surface area (Å²) >= 11 is 1.46. The zero-order valence-corrected chi connectivity index (χ0v) is 11.9. The number of aromatic nitrogens is 3. The molecule has 1 atom stereocenters. The summed E-state index contributed by atoms with van der Waals surface area (Å²) in [5.74, 6) is 0.211. The molecular weight excluding hydrogens is 264 g/mol. The van der Waals surface area contributed by atoms with E-state index >= 15 is 0 Å². The number of carbonyl (C=O) groups is 1. The van der Waals surface area contributed by atoms with Crippen LogP contribution in [0.15, 0.2) is 29.6 Å². The van der Waals surface area contributed by atoms with Crippen molar-refractivity contribution in [3.05, 3.63) is 24.4 Å². The molecule has 1 unspecified atom stereocenters. The number of nitrogens with zero attached hydrogens (tertiary/aromatic N) is 3. The van der Waals surface area contributed by atoms with Crippen molar-refractivity contribution < 1.29 is 9.53 Å². The quantitative estimate of drug-likeness (QED) is 0.650. The van der Waals surface area contributed by atoms with E-state index in [1.165, 1.54) is 18.9 Å². The summed E-state index contributed by atoms with van der Waals surface area (Å²) in [7, 11) is 3.12. The van der Waals surface area contributed by atoms with E-state index in [0.29, 0.717) is 5.75 Å². The zero-order chi connectivity index (χ0) is 13.9. The van der Waals surface area contributed by atoms with Crippen LogP contribution in [-0.2, 0) is 9.53 Å². The van der Waals surface area contributed by atoms with Crippen molar-refractivity contribution in [2.75, 3.05) is 19.9 Å². The zero-order valence-electron chi connectivity index (χ0n) is 11.1. The Bertz CT molecular complexity index is 586. The largest absolute Gasteiger partial charge is 0.468 e. The second-order valence-electron chi connectivity index (χ2n) is 4.27. The van der Waals surface area contributed by atoms with E-state index in [4.69, 9.17) is 4.74 Å². The Morgan fingerprint density at radius 2 is 2.32 bits per heavy atom. The summed E-state index contributed by atoms with van der Waals surface area (Å²) in [6.45, 7) is 1.80. The van der Waals surface area contributed by atoms with Gasteiger partial charge in [0.05, 0.1) is 7.11 Å². The monoisotopic (exact) mass is 280 g/mol. The van der Waals surface area contributed by atoms with E-state index in [0.717, 1.165) is 10.8 Å². The van der Waals surface area contributed by atoms with Crippen molar-refractivity contribution in [2.45, 2.75) is 17.6 Å². The lowest BCUT2D eigenvalue weighted by atomic mass is 10.1. The van der Waals surface area contributed by atoms with Crippen LogP contribution in [0.25, 0.3) is 5.65 Å². The molecule has 2 aromatic rings. The Labute approximate surface area is 115 Å². The number of hydrogen-bond acceptors (Lipinski definition) is 6. The smallest absolute Gasteiger partial charge is 0.326 e. The number of methoxy groups -OCH3 is 1. The Kier molecular flexibility index (Phi) is 4.06. The molecule has 0 saturated carbocycles. The van der Waals surface area contributed by atoms with Crippen molar-refractivity contribution in [3.8, 4) is 0 Å². The summed E-state index contributed by atoms with van der Waals surface area (Å²) in [5, 5.41) is 11.9. The van der Waals surface area contributed by atoms with E-state index in [-0.39, 0.29) is 5.97 Å². The van der Waals surface area contributed by atoms with Crippen LogP contribution in [0.2, 0.25) is 0 Å². The second kappa shape index (κ2) is 5.58. The highest BCUT2D eigenvalue weighted by molar-refractivity contribution is 7.99. The summed E-state index contributed by atoms with van der Waals surface area (Å²) in [4.78, 5) is 11.7. The van der Waals surface area contributed by atoms with Gasteiger partial charge in [0.2, 0.25) is 0 Å². The Morgan fingerprint density at radius 1 is 1.53 bits per heavy atom. The average molecular weight is 280 g/mol. The minimum Gasteiger partial charge on any atom is -0.468 e. The van der Waals surface area contributed by atoms with Crippen LogP contribution in [0, 0.1) is 0 Å². The SMILES string of the molecule is CNC(C)(CSc1nnc2ccccn12)C(=O)OC. The van der Waals surface area contributed by atoms with Gasteiger partial charge >= 0.3 is 5.97 Å². The van der Waals surface area contributed by atoms with Crippen molar-refractivity contribution in [3.63, 3.8) is 0 Å². The summed E-state index contributed by atoms with van der Waals surface area (Å²) < 4.78 is 6.69. The fraction of sp³-hybridized carbons (Fsp3) is 0.417. The number of pyridine rings is 1. The van der Waals surface area contributed by atoms with Gasteiger partial charge in [0.25, 0.3) is 0 Å². The van der Waals surface area contributed by atoms with Crippen molar-refractivity contribution in [1.29, 1.82) is 0 Å². The first kappa shape index (κ1) is 13.8. The molecule has 102 valence electrons. The molecule has 0 bridgehead atoms. The maximum absolute atomic E-state index is 11.7. The predicted octanol–water partition coefficient (Wildman–Crippen LogP) is 0.972. The molecule has 6 nitrogen and oxygen atoms in total. The van der Waals surface area contributed by atoms with Gasteiger partial charge in [0.1, 0.15) is 5.54 Å². The van der Waals surface area contributed by atoms with Crippen LogP contribution in [0.5, 0.6) is 0 Å². The van der Waals surface area contributed by atoms with Crippen LogP contribution in [0.1, 0.15) is 6.92 Å². The van der Waals surface area contributed by atoms with E-state index < -0.39 is 5.54 Å². The average Bonchev–Trinajstić information content (AvgIpc) is 2.87. The molecule has 0 saturated heterocycles. The highest BCUT2D eigenvalue weighted by atomic mass is 32.2. The number of rotatable bonds is 5. The van der Waals surface area contributed by atoms with E-state index in [2.05, 4.69) is 15.5 Å². The number of esters is 1. The number of nitrogens with one attached hydrogen (secondary N) is 1. The number of ether oxygens (including phenoxy) is 1. The normalized spacial score (nSPS) is 14.3. The third-order valence-electron chi connectivity index (χ3n) is 2.96. The van der Waals surface area contributed by atoms with E-state index in [1.54, 1.807) is 14.0 Å². The minimum atomic E-state index is -0.750. The minimum absolute atomic E-state index is 0.295. The molecule has 0 aliphatic rings. The Balaban J connectivity index is 2.15. The topological polar surface area (TPSA) is 68.5 Å². The molecule has 1 N–H and O–H groups in total. The van der Waals surface area contributed by atoms with Gasteiger partial charge < -0.3 is 10.1 Å². The van der Waals surface area contributed by atoms with Gasteiger partial charge in [-0.3, -0.25) is 9.20 Å². The van der Waals surface area contributed by atoms with Crippen LogP contribution in [0.4, 0.5) is 0 Å². The van der Waals surface area contributed by atoms with Gasteiger partial charge in [-0.2, -0.15) is 0 Å². The lowest BCUT2D eigenvalue weighted by Crippen LogP contribution is -2.50. The van der Waals surface area contributed by atoms with Crippen molar-refractivity contribution in [1.82, 2.24) is 19.9 Å². The van der Waals surface area contributed by atoms with Crippen LogP contribution >= 0.6 is 11.8 Å². The Morgan fingerprint density at radius 3 is 3.00 bits per heavy atom. The highest BCUT2D eigenvalue weighted by Crippen LogP contribution is 2.22. The van der Waals surface area contributed by atoms with Gasteiger partial charge in [0.15, 0.2) is 10.8 Å². The molecular formula is C12H16N4O2S.